The van der Waals surface area contributed by atoms with E-state index in [2.05, 4.69) is 20.5 Å². The van der Waals surface area contributed by atoms with Gasteiger partial charge in [0.1, 0.15) is 6.26 Å². The highest BCUT2D eigenvalue weighted by atomic mass is 32.2. The second-order valence-electron chi connectivity index (χ2n) is 5.94. The Morgan fingerprint density at radius 1 is 1.28 bits per heavy atom. The zero-order chi connectivity index (χ0) is 17.3. The topological polar surface area (TPSA) is 70.4 Å². The number of oxazole rings is 1. The Balaban J connectivity index is 1.32. The van der Waals surface area contributed by atoms with Crippen molar-refractivity contribution < 1.29 is 9.21 Å². The first kappa shape index (κ1) is 18.0. The summed E-state index contributed by atoms with van der Waals surface area (Å²) in [5.74, 6) is 1.81. The van der Waals surface area contributed by atoms with Crippen molar-refractivity contribution in [1.82, 2.24) is 20.5 Å². The summed E-state index contributed by atoms with van der Waals surface area (Å²) in [6.07, 6.45) is 1.66. The Morgan fingerprint density at radius 3 is 2.88 bits per heavy atom. The number of aromatic nitrogens is 1. The SMILES string of the molecule is O=C(CSCc1coc(-c2ccccc2)n1)NCCN1CCNCC1. The summed E-state index contributed by atoms with van der Waals surface area (Å²) >= 11 is 1.55. The summed E-state index contributed by atoms with van der Waals surface area (Å²) in [7, 11) is 0. The largest absolute Gasteiger partial charge is 0.444 e. The number of amides is 1. The van der Waals surface area contributed by atoms with Crippen LogP contribution < -0.4 is 10.6 Å². The van der Waals surface area contributed by atoms with Crippen molar-refractivity contribution in [3.05, 3.63) is 42.3 Å². The van der Waals surface area contributed by atoms with Gasteiger partial charge < -0.3 is 15.1 Å². The predicted octanol–water partition coefficient (Wildman–Crippen LogP) is 1.60. The lowest BCUT2D eigenvalue weighted by Crippen LogP contribution is -2.46. The molecule has 1 aliphatic heterocycles. The quantitative estimate of drug-likeness (QED) is 0.745. The molecule has 2 heterocycles. The molecule has 1 fully saturated rings. The molecule has 1 aliphatic rings. The highest BCUT2D eigenvalue weighted by molar-refractivity contribution is 7.99. The lowest BCUT2D eigenvalue weighted by molar-refractivity contribution is -0.118. The van der Waals surface area contributed by atoms with E-state index in [0.29, 0.717) is 23.9 Å². The van der Waals surface area contributed by atoms with Crippen molar-refractivity contribution in [1.29, 1.82) is 0 Å². The number of nitrogens with one attached hydrogen (secondary N) is 2. The standard InChI is InChI=1S/C18H24N4O2S/c23-17(20-8-11-22-9-6-19-7-10-22)14-25-13-16-12-24-18(21-16)15-4-2-1-3-5-15/h1-5,12,19H,6-11,13-14H2,(H,20,23). The molecule has 1 aromatic heterocycles. The third-order valence-corrected chi connectivity index (χ3v) is 4.98. The predicted molar refractivity (Wildman–Crippen MR) is 100 cm³/mol. The van der Waals surface area contributed by atoms with Crippen LogP contribution in [-0.2, 0) is 10.5 Å². The van der Waals surface area contributed by atoms with Crippen LogP contribution in [-0.4, -0.2) is 60.8 Å². The van der Waals surface area contributed by atoms with E-state index in [1.54, 1.807) is 18.0 Å². The lowest BCUT2D eigenvalue weighted by atomic mass is 10.2. The molecule has 1 aromatic carbocycles. The number of hydrogen-bond acceptors (Lipinski definition) is 6. The van der Waals surface area contributed by atoms with Gasteiger partial charge in [-0.3, -0.25) is 9.69 Å². The van der Waals surface area contributed by atoms with Crippen LogP contribution in [0.1, 0.15) is 5.69 Å². The van der Waals surface area contributed by atoms with Crippen LogP contribution in [0.2, 0.25) is 0 Å². The van der Waals surface area contributed by atoms with Gasteiger partial charge in [0.25, 0.3) is 0 Å². The second kappa shape index (κ2) is 9.60. The van der Waals surface area contributed by atoms with E-state index in [4.69, 9.17) is 4.42 Å². The number of piperazine rings is 1. The van der Waals surface area contributed by atoms with Crippen LogP contribution in [0.3, 0.4) is 0 Å². The molecule has 0 radical (unpaired) electrons. The number of benzene rings is 1. The zero-order valence-corrected chi connectivity index (χ0v) is 15.1. The summed E-state index contributed by atoms with van der Waals surface area (Å²) in [4.78, 5) is 18.7. The van der Waals surface area contributed by atoms with E-state index in [-0.39, 0.29) is 5.91 Å². The van der Waals surface area contributed by atoms with Gasteiger partial charge in [-0.15, -0.1) is 11.8 Å². The number of carbonyl (C=O) groups excluding carboxylic acids is 1. The van der Waals surface area contributed by atoms with Gasteiger partial charge in [-0.05, 0) is 12.1 Å². The van der Waals surface area contributed by atoms with Gasteiger partial charge in [-0.2, -0.15) is 0 Å². The molecule has 1 saturated heterocycles. The van der Waals surface area contributed by atoms with Crippen LogP contribution in [0.15, 0.2) is 41.0 Å². The maximum absolute atomic E-state index is 11.9. The molecule has 25 heavy (non-hydrogen) atoms. The summed E-state index contributed by atoms with van der Waals surface area (Å²) in [5.41, 5.74) is 1.82. The van der Waals surface area contributed by atoms with Gasteiger partial charge in [0.05, 0.1) is 11.4 Å². The Labute approximate surface area is 152 Å². The molecule has 0 saturated carbocycles. The van der Waals surface area contributed by atoms with Crippen molar-refractivity contribution in [2.75, 3.05) is 45.0 Å². The summed E-state index contributed by atoms with van der Waals surface area (Å²) < 4.78 is 5.50. The average molecular weight is 360 g/mol. The van der Waals surface area contributed by atoms with Crippen LogP contribution in [0.4, 0.5) is 0 Å². The molecule has 6 nitrogen and oxygen atoms in total. The maximum atomic E-state index is 11.9. The fourth-order valence-electron chi connectivity index (χ4n) is 2.67. The highest BCUT2D eigenvalue weighted by Crippen LogP contribution is 2.20. The van der Waals surface area contributed by atoms with Gasteiger partial charge in [0.2, 0.25) is 11.8 Å². The third kappa shape index (κ3) is 5.88. The van der Waals surface area contributed by atoms with Crippen LogP contribution >= 0.6 is 11.8 Å². The van der Waals surface area contributed by atoms with Gasteiger partial charge in [0.15, 0.2) is 0 Å². The van der Waals surface area contributed by atoms with Crippen LogP contribution in [0, 0.1) is 0 Å². The molecule has 0 atom stereocenters. The van der Waals surface area contributed by atoms with Gasteiger partial charge in [-0.1, -0.05) is 18.2 Å². The third-order valence-electron chi connectivity index (χ3n) is 4.02. The molecule has 3 rings (SSSR count). The van der Waals surface area contributed by atoms with E-state index >= 15 is 0 Å². The van der Waals surface area contributed by atoms with E-state index < -0.39 is 0 Å². The Hall–Kier alpha value is -1.83. The molecule has 0 aliphatic carbocycles. The Morgan fingerprint density at radius 2 is 2.08 bits per heavy atom. The first-order valence-electron chi connectivity index (χ1n) is 8.58. The number of nitrogens with zero attached hydrogens (tertiary/aromatic N) is 2. The first-order chi connectivity index (χ1) is 12.3. The molecule has 2 aromatic rings. The van der Waals surface area contributed by atoms with Crippen molar-refractivity contribution >= 4 is 17.7 Å². The molecular weight excluding hydrogens is 336 g/mol. The molecule has 2 N–H and O–H groups in total. The van der Waals surface area contributed by atoms with E-state index in [1.165, 1.54) is 0 Å². The van der Waals surface area contributed by atoms with Gasteiger partial charge in [0, 0.05) is 50.6 Å². The minimum atomic E-state index is 0.0758. The average Bonchev–Trinajstić information content (AvgIpc) is 3.12. The van der Waals surface area contributed by atoms with Crippen LogP contribution in [0.25, 0.3) is 11.5 Å². The first-order valence-corrected chi connectivity index (χ1v) is 9.74. The number of hydrogen-bond donors (Lipinski definition) is 2. The molecule has 7 heteroatoms. The molecular formula is C18H24N4O2S. The maximum Gasteiger partial charge on any atom is 0.230 e. The Kier molecular flexibility index (Phi) is 6.90. The van der Waals surface area contributed by atoms with Crippen molar-refractivity contribution in [3.8, 4) is 11.5 Å². The fourth-order valence-corrected chi connectivity index (χ4v) is 3.41. The minimum absolute atomic E-state index is 0.0758. The Bertz CT molecular complexity index is 656. The molecule has 134 valence electrons. The zero-order valence-electron chi connectivity index (χ0n) is 14.2. The van der Waals surface area contributed by atoms with Crippen molar-refractivity contribution in [3.63, 3.8) is 0 Å². The normalized spacial score (nSPS) is 15.2. The van der Waals surface area contributed by atoms with E-state index in [1.807, 2.05) is 30.3 Å². The monoisotopic (exact) mass is 360 g/mol. The lowest BCUT2D eigenvalue weighted by Gasteiger charge is -2.27. The summed E-state index contributed by atoms with van der Waals surface area (Å²) in [6, 6.07) is 9.81. The number of rotatable bonds is 8. The van der Waals surface area contributed by atoms with Crippen molar-refractivity contribution in [2.24, 2.45) is 0 Å². The smallest absolute Gasteiger partial charge is 0.230 e. The van der Waals surface area contributed by atoms with Gasteiger partial charge >= 0.3 is 0 Å². The fraction of sp³-hybridized carbons (Fsp3) is 0.444. The molecule has 0 bridgehead atoms. The number of thioether (sulfide) groups is 1. The molecule has 0 unspecified atom stereocenters. The van der Waals surface area contributed by atoms with E-state index in [0.717, 1.165) is 44.0 Å². The molecule has 0 spiro atoms. The van der Waals surface area contributed by atoms with Crippen LogP contribution in [0.5, 0.6) is 0 Å². The summed E-state index contributed by atoms with van der Waals surface area (Å²) in [5, 5.41) is 6.31. The number of carbonyl (C=O) groups is 1. The summed E-state index contributed by atoms with van der Waals surface area (Å²) in [6.45, 7) is 5.81. The second-order valence-corrected chi connectivity index (χ2v) is 6.93. The minimum Gasteiger partial charge on any atom is -0.444 e. The molecule has 1 amide bonds. The van der Waals surface area contributed by atoms with E-state index in [9.17, 15) is 4.79 Å². The van der Waals surface area contributed by atoms with Crippen molar-refractivity contribution in [2.45, 2.75) is 5.75 Å². The highest BCUT2D eigenvalue weighted by Gasteiger charge is 2.10. The van der Waals surface area contributed by atoms with Gasteiger partial charge in [-0.25, -0.2) is 4.98 Å².